The molecule has 0 radical (unpaired) electrons. The fraction of sp³-hybridized carbons (Fsp3) is 0.0690. The number of H-pyrrole nitrogens is 1. The van der Waals surface area contributed by atoms with Crippen LogP contribution in [0, 0.1) is 0 Å². The molecule has 7 heteroatoms. The number of imidazole rings is 1. The molecule has 0 aliphatic rings. The molecular weight excluding hydrogens is 468 g/mol. The van der Waals surface area contributed by atoms with Crippen molar-refractivity contribution in [2.45, 2.75) is 17.3 Å². The number of fused-ring (bicyclic) bond motifs is 1. The lowest BCUT2D eigenvalue weighted by Crippen LogP contribution is -2.42. The molecule has 6 nitrogen and oxygen atoms in total. The van der Waals surface area contributed by atoms with Gasteiger partial charge in [0.1, 0.15) is 0 Å². The monoisotopic (exact) mass is 492 g/mol. The topological polar surface area (TPSA) is 86.9 Å². The predicted octanol–water partition coefficient (Wildman–Crippen LogP) is 5.52. The predicted molar refractivity (Wildman–Crippen MR) is 143 cm³/mol. The van der Waals surface area contributed by atoms with Crippen molar-refractivity contribution in [2.24, 2.45) is 0 Å². The van der Waals surface area contributed by atoms with E-state index in [2.05, 4.69) is 20.8 Å². The summed E-state index contributed by atoms with van der Waals surface area (Å²) in [6.07, 6.45) is 0.631. The number of hydrazine groups is 1. The van der Waals surface area contributed by atoms with E-state index in [9.17, 15) is 9.59 Å². The number of hydrogen-bond acceptors (Lipinski definition) is 4. The third kappa shape index (κ3) is 5.64. The SMILES string of the molecule is O=C(NNC(=O)c1ccccc1Cc1ccccc1)c1ccc(CSc2nc3ccccc3[nH]2)cc1. The number of carbonyl (C=O) groups excluding carboxylic acids is 2. The van der Waals surface area contributed by atoms with Gasteiger partial charge in [-0.1, -0.05) is 84.6 Å². The van der Waals surface area contributed by atoms with Gasteiger partial charge in [-0.2, -0.15) is 0 Å². The fourth-order valence-electron chi connectivity index (χ4n) is 3.87. The number of amides is 2. The Morgan fingerprint density at radius 1 is 0.722 bits per heavy atom. The van der Waals surface area contributed by atoms with Crippen LogP contribution in [-0.4, -0.2) is 21.8 Å². The standard InChI is InChI=1S/C29H24N4O2S/c34-27(32-33-28(35)24-11-5-4-10-23(24)18-20-8-2-1-3-9-20)22-16-14-21(15-17-22)19-36-29-30-25-12-6-7-13-26(25)31-29/h1-17H,18-19H2,(H,30,31)(H,32,34)(H,33,35). The van der Waals surface area contributed by atoms with Crippen molar-refractivity contribution in [1.82, 2.24) is 20.8 Å². The molecule has 3 N–H and O–H groups in total. The summed E-state index contributed by atoms with van der Waals surface area (Å²) in [4.78, 5) is 33.3. The van der Waals surface area contributed by atoms with Crippen LogP contribution in [0.15, 0.2) is 108 Å². The molecule has 0 aliphatic heterocycles. The Morgan fingerprint density at radius 3 is 2.22 bits per heavy atom. The number of thioether (sulfide) groups is 1. The minimum atomic E-state index is -0.375. The largest absolute Gasteiger partial charge is 0.333 e. The van der Waals surface area contributed by atoms with Gasteiger partial charge in [0.2, 0.25) is 0 Å². The van der Waals surface area contributed by atoms with Crippen LogP contribution >= 0.6 is 11.8 Å². The first kappa shape index (κ1) is 23.4. The molecule has 4 aromatic carbocycles. The van der Waals surface area contributed by atoms with Crippen molar-refractivity contribution in [3.8, 4) is 0 Å². The highest BCUT2D eigenvalue weighted by atomic mass is 32.2. The normalized spacial score (nSPS) is 10.8. The number of rotatable bonds is 7. The number of nitrogens with zero attached hydrogens (tertiary/aromatic N) is 1. The van der Waals surface area contributed by atoms with Gasteiger partial charge < -0.3 is 4.98 Å². The molecule has 0 unspecified atom stereocenters. The third-order valence-corrected chi connectivity index (χ3v) is 6.69. The van der Waals surface area contributed by atoms with E-state index in [0.29, 0.717) is 17.5 Å². The van der Waals surface area contributed by atoms with Crippen LogP contribution in [0.1, 0.15) is 37.4 Å². The zero-order valence-corrected chi connectivity index (χ0v) is 20.2. The Balaban J connectivity index is 1.16. The average molecular weight is 493 g/mol. The second-order valence-electron chi connectivity index (χ2n) is 8.27. The van der Waals surface area contributed by atoms with Crippen molar-refractivity contribution in [1.29, 1.82) is 0 Å². The zero-order valence-electron chi connectivity index (χ0n) is 19.4. The Bertz CT molecular complexity index is 1460. The van der Waals surface area contributed by atoms with Gasteiger partial charge in [-0.3, -0.25) is 20.4 Å². The van der Waals surface area contributed by atoms with Crippen molar-refractivity contribution in [3.05, 3.63) is 131 Å². The van der Waals surface area contributed by atoms with Gasteiger partial charge in [0.15, 0.2) is 5.16 Å². The van der Waals surface area contributed by atoms with Crippen molar-refractivity contribution in [2.75, 3.05) is 0 Å². The number of hydrogen-bond donors (Lipinski definition) is 3. The number of aromatic amines is 1. The molecule has 0 fully saturated rings. The van der Waals surface area contributed by atoms with Crippen LogP contribution in [0.2, 0.25) is 0 Å². The smallest absolute Gasteiger partial charge is 0.269 e. The summed E-state index contributed by atoms with van der Waals surface area (Å²) in [5, 5.41) is 0.855. The summed E-state index contributed by atoms with van der Waals surface area (Å²) in [6.45, 7) is 0. The average Bonchev–Trinajstić information content (AvgIpc) is 3.35. The number of carbonyl (C=O) groups is 2. The first-order valence-electron chi connectivity index (χ1n) is 11.5. The summed E-state index contributed by atoms with van der Waals surface area (Å²) in [7, 11) is 0. The van der Waals surface area contributed by atoms with Gasteiger partial charge in [-0.25, -0.2) is 4.98 Å². The molecule has 36 heavy (non-hydrogen) atoms. The molecule has 0 saturated carbocycles. The Morgan fingerprint density at radius 2 is 1.42 bits per heavy atom. The van der Waals surface area contributed by atoms with Crippen LogP contribution in [-0.2, 0) is 12.2 Å². The highest BCUT2D eigenvalue weighted by molar-refractivity contribution is 7.98. The minimum Gasteiger partial charge on any atom is -0.333 e. The zero-order chi connectivity index (χ0) is 24.7. The lowest BCUT2D eigenvalue weighted by atomic mass is 9.99. The van der Waals surface area contributed by atoms with Gasteiger partial charge in [-0.15, -0.1) is 0 Å². The highest BCUT2D eigenvalue weighted by Crippen LogP contribution is 2.23. The van der Waals surface area contributed by atoms with Gasteiger partial charge in [0.05, 0.1) is 11.0 Å². The molecule has 5 aromatic rings. The summed E-state index contributed by atoms with van der Waals surface area (Å²) in [5.41, 5.74) is 11.1. The number of nitrogens with one attached hydrogen (secondary N) is 3. The Kier molecular flexibility index (Phi) is 7.10. The van der Waals surface area contributed by atoms with E-state index in [1.165, 1.54) is 0 Å². The summed E-state index contributed by atoms with van der Waals surface area (Å²) < 4.78 is 0. The van der Waals surface area contributed by atoms with E-state index >= 15 is 0 Å². The number of para-hydroxylation sites is 2. The maximum absolute atomic E-state index is 12.8. The molecule has 0 atom stereocenters. The van der Waals surface area contributed by atoms with Crippen LogP contribution in [0.3, 0.4) is 0 Å². The molecule has 0 saturated heterocycles. The minimum absolute atomic E-state index is 0.353. The lowest BCUT2D eigenvalue weighted by Gasteiger charge is -2.11. The van der Waals surface area contributed by atoms with E-state index in [1.54, 1.807) is 30.0 Å². The van der Waals surface area contributed by atoms with Crippen molar-refractivity contribution < 1.29 is 9.59 Å². The molecule has 178 valence electrons. The highest BCUT2D eigenvalue weighted by Gasteiger charge is 2.13. The second-order valence-corrected chi connectivity index (χ2v) is 9.24. The van der Waals surface area contributed by atoms with E-state index in [4.69, 9.17) is 0 Å². The molecule has 5 rings (SSSR count). The first-order chi connectivity index (χ1) is 17.7. The molecule has 0 bridgehead atoms. The van der Waals surface area contributed by atoms with Crippen LogP contribution < -0.4 is 10.9 Å². The lowest BCUT2D eigenvalue weighted by molar-refractivity contribution is 0.0846. The van der Waals surface area contributed by atoms with Crippen LogP contribution in [0.4, 0.5) is 0 Å². The fourth-order valence-corrected chi connectivity index (χ4v) is 4.71. The van der Waals surface area contributed by atoms with Crippen LogP contribution in [0.25, 0.3) is 11.0 Å². The quantitative estimate of drug-likeness (QED) is 0.206. The van der Waals surface area contributed by atoms with E-state index in [1.807, 2.05) is 84.9 Å². The number of aromatic nitrogens is 2. The third-order valence-electron chi connectivity index (χ3n) is 5.75. The summed E-state index contributed by atoms with van der Waals surface area (Å²) in [5.74, 6) is -0.00877. The Hall–Kier alpha value is -4.36. The maximum atomic E-state index is 12.8. The van der Waals surface area contributed by atoms with Gasteiger partial charge >= 0.3 is 0 Å². The molecule has 0 aliphatic carbocycles. The molecule has 1 heterocycles. The van der Waals surface area contributed by atoms with Gasteiger partial charge in [-0.05, 0) is 53.4 Å². The van der Waals surface area contributed by atoms with Crippen molar-refractivity contribution >= 4 is 34.6 Å². The van der Waals surface area contributed by atoms with E-state index < -0.39 is 0 Å². The summed E-state index contributed by atoms with van der Waals surface area (Å²) >= 11 is 1.60. The molecule has 2 amide bonds. The molecule has 0 spiro atoms. The van der Waals surface area contributed by atoms with E-state index in [-0.39, 0.29) is 11.8 Å². The second kappa shape index (κ2) is 10.9. The van der Waals surface area contributed by atoms with Crippen LogP contribution in [0.5, 0.6) is 0 Å². The first-order valence-corrected chi connectivity index (χ1v) is 12.5. The molecule has 1 aromatic heterocycles. The van der Waals surface area contributed by atoms with Crippen molar-refractivity contribution in [3.63, 3.8) is 0 Å². The summed E-state index contributed by atoms with van der Waals surface area (Å²) in [6, 6.07) is 32.6. The molecular formula is C29H24N4O2S. The Labute approximate surface area is 213 Å². The van der Waals surface area contributed by atoms with Gasteiger partial charge in [0, 0.05) is 16.9 Å². The van der Waals surface area contributed by atoms with E-state index in [0.717, 1.165) is 38.6 Å². The number of benzene rings is 4. The van der Waals surface area contributed by atoms with Gasteiger partial charge in [0.25, 0.3) is 11.8 Å². The maximum Gasteiger partial charge on any atom is 0.269 e.